The minimum absolute atomic E-state index is 0.0302. The maximum atomic E-state index is 12.3. The second kappa shape index (κ2) is 9.89. The van der Waals surface area contributed by atoms with Gasteiger partial charge in [-0.3, -0.25) is 0 Å². The smallest absolute Gasteiger partial charge is 0.338 e. The van der Waals surface area contributed by atoms with Gasteiger partial charge in [0.25, 0.3) is 0 Å². The lowest BCUT2D eigenvalue weighted by molar-refractivity contribution is -0.181. The van der Waals surface area contributed by atoms with Crippen molar-refractivity contribution in [2.45, 2.75) is 63.9 Å². The maximum absolute atomic E-state index is 12.3. The summed E-state index contributed by atoms with van der Waals surface area (Å²) in [5.74, 6) is -0.621. The molecule has 0 heterocycles. The summed E-state index contributed by atoms with van der Waals surface area (Å²) in [6, 6.07) is 0. The number of esters is 1. The van der Waals surface area contributed by atoms with Crippen molar-refractivity contribution in [3.8, 4) is 0 Å². The van der Waals surface area contributed by atoms with Crippen LogP contribution in [0.4, 0.5) is 0 Å². The van der Waals surface area contributed by atoms with Crippen molar-refractivity contribution < 1.29 is 29.6 Å². The molecule has 21 heavy (non-hydrogen) atoms. The summed E-state index contributed by atoms with van der Waals surface area (Å²) in [6.07, 6.45) is -0.174. The third-order valence-corrected chi connectivity index (χ3v) is 2.90. The molecule has 0 aliphatic carbocycles. The Morgan fingerprint density at radius 1 is 1.19 bits per heavy atom. The molecule has 0 fully saturated rings. The number of hydrogen-bond donors (Lipinski definition) is 3. The summed E-state index contributed by atoms with van der Waals surface area (Å²) in [7, 11) is 0. The van der Waals surface area contributed by atoms with Gasteiger partial charge in [-0.05, 0) is 33.6 Å². The molecule has 6 nitrogen and oxygen atoms in total. The number of carbonyl (C=O) groups is 1. The van der Waals surface area contributed by atoms with Crippen LogP contribution in [0.5, 0.6) is 0 Å². The summed E-state index contributed by atoms with van der Waals surface area (Å²) in [5, 5.41) is 28.5. The molecule has 0 aliphatic rings. The molecule has 0 saturated carbocycles. The van der Waals surface area contributed by atoms with Gasteiger partial charge in [0.1, 0.15) is 6.61 Å². The highest BCUT2D eigenvalue weighted by Crippen LogP contribution is 2.28. The Hall–Kier alpha value is -0.950. The zero-order valence-electron chi connectivity index (χ0n) is 13.1. The van der Waals surface area contributed by atoms with Crippen LogP contribution in [0.25, 0.3) is 0 Å². The van der Waals surface area contributed by atoms with E-state index in [0.717, 1.165) is 0 Å². The van der Waals surface area contributed by atoms with E-state index in [-0.39, 0.29) is 26.1 Å². The van der Waals surface area contributed by atoms with Crippen LogP contribution < -0.4 is 0 Å². The fraction of sp³-hybridized carbons (Fsp3) is 0.800. The molecule has 124 valence electrons. The Labute approximate surface area is 126 Å². The van der Waals surface area contributed by atoms with Gasteiger partial charge >= 0.3 is 5.97 Å². The molecular formula is C15H28O6. The fourth-order valence-corrected chi connectivity index (χ4v) is 1.94. The first-order chi connectivity index (χ1) is 9.73. The Bertz CT molecular complexity index is 299. The molecule has 0 rings (SSSR count). The number of carbonyl (C=O) groups excluding carboxylic acids is 1. The SMILES string of the molecule is C=CCOC(=O)C(CCC(C)O)(CC(C)O)OCC(C)O. The Balaban J connectivity index is 5.15. The topological polar surface area (TPSA) is 96.2 Å². The quantitative estimate of drug-likeness (QED) is 0.386. The van der Waals surface area contributed by atoms with Crippen LogP contribution in [0.1, 0.15) is 40.0 Å². The van der Waals surface area contributed by atoms with E-state index < -0.39 is 29.9 Å². The normalized spacial score (nSPS) is 18.4. The van der Waals surface area contributed by atoms with Crippen molar-refractivity contribution in [2.24, 2.45) is 0 Å². The van der Waals surface area contributed by atoms with E-state index in [1.54, 1.807) is 13.8 Å². The van der Waals surface area contributed by atoms with E-state index in [1.165, 1.54) is 13.0 Å². The van der Waals surface area contributed by atoms with Crippen LogP contribution in [0.2, 0.25) is 0 Å². The second-order valence-corrected chi connectivity index (χ2v) is 5.48. The van der Waals surface area contributed by atoms with Gasteiger partial charge in [-0.1, -0.05) is 12.7 Å². The van der Waals surface area contributed by atoms with Gasteiger partial charge in [0.05, 0.1) is 24.9 Å². The molecule has 0 bridgehead atoms. The first-order valence-corrected chi connectivity index (χ1v) is 7.19. The van der Waals surface area contributed by atoms with Crippen molar-refractivity contribution in [1.82, 2.24) is 0 Å². The average Bonchev–Trinajstić information content (AvgIpc) is 2.38. The van der Waals surface area contributed by atoms with E-state index in [4.69, 9.17) is 9.47 Å². The predicted molar refractivity (Wildman–Crippen MR) is 78.7 cm³/mol. The average molecular weight is 304 g/mol. The molecule has 4 atom stereocenters. The largest absolute Gasteiger partial charge is 0.459 e. The molecule has 0 aromatic carbocycles. The van der Waals surface area contributed by atoms with Gasteiger partial charge in [0, 0.05) is 6.42 Å². The summed E-state index contributed by atoms with van der Waals surface area (Å²) in [4.78, 5) is 12.3. The molecule has 0 aromatic heterocycles. The fourth-order valence-electron chi connectivity index (χ4n) is 1.94. The molecule has 0 radical (unpaired) electrons. The Kier molecular flexibility index (Phi) is 9.44. The highest BCUT2D eigenvalue weighted by Gasteiger charge is 2.42. The van der Waals surface area contributed by atoms with E-state index in [0.29, 0.717) is 6.42 Å². The number of ether oxygens (including phenoxy) is 2. The van der Waals surface area contributed by atoms with Gasteiger partial charge in [-0.2, -0.15) is 0 Å². The predicted octanol–water partition coefficient (Wildman–Crippen LogP) is 0.784. The van der Waals surface area contributed by atoms with Crippen molar-refractivity contribution in [3.63, 3.8) is 0 Å². The molecule has 0 saturated heterocycles. The molecule has 0 aliphatic heterocycles. The lowest BCUT2D eigenvalue weighted by atomic mass is 9.89. The minimum atomic E-state index is -1.38. The molecule has 0 aromatic rings. The van der Waals surface area contributed by atoms with Crippen LogP contribution in [0, 0.1) is 0 Å². The third kappa shape index (κ3) is 8.16. The number of hydrogen-bond acceptors (Lipinski definition) is 6. The molecule has 4 unspecified atom stereocenters. The maximum Gasteiger partial charge on any atom is 0.338 e. The van der Waals surface area contributed by atoms with Crippen LogP contribution >= 0.6 is 0 Å². The van der Waals surface area contributed by atoms with Crippen molar-refractivity contribution >= 4 is 5.97 Å². The molecule has 0 spiro atoms. The van der Waals surface area contributed by atoms with Gasteiger partial charge < -0.3 is 24.8 Å². The standard InChI is InChI=1S/C15H28O6/c1-5-8-20-14(19)15(9-12(3)17,7-6-11(2)16)21-10-13(4)18/h5,11-13,16-18H,1,6-10H2,2-4H3. The lowest BCUT2D eigenvalue weighted by Gasteiger charge is -2.33. The summed E-state index contributed by atoms with van der Waals surface area (Å²) < 4.78 is 10.6. The number of aliphatic hydroxyl groups is 3. The van der Waals surface area contributed by atoms with Crippen molar-refractivity contribution in [1.29, 1.82) is 0 Å². The van der Waals surface area contributed by atoms with E-state index in [9.17, 15) is 20.1 Å². The number of rotatable bonds is 11. The zero-order valence-corrected chi connectivity index (χ0v) is 13.1. The van der Waals surface area contributed by atoms with Crippen LogP contribution in [0.15, 0.2) is 12.7 Å². The van der Waals surface area contributed by atoms with Crippen LogP contribution in [-0.4, -0.2) is 58.4 Å². The van der Waals surface area contributed by atoms with E-state index in [2.05, 4.69) is 6.58 Å². The Morgan fingerprint density at radius 2 is 1.81 bits per heavy atom. The highest BCUT2D eigenvalue weighted by atomic mass is 16.6. The van der Waals surface area contributed by atoms with E-state index >= 15 is 0 Å². The second-order valence-electron chi connectivity index (χ2n) is 5.48. The van der Waals surface area contributed by atoms with Crippen molar-refractivity contribution in [3.05, 3.63) is 12.7 Å². The molecular weight excluding hydrogens is 276 g/mol. The zero-order chi connectivity index (χ0) is 16.5. The van der Waals surface area contributed by atoms with Crippen molar-refractivity contribution in [2.75, 3.05) is 13.2 Å². The van der Waals surface area contributed by atoms with Crippen LogP contribution in [0.3, 0.4) is 0 Å². The van der Waals surface area contributed by atoms with Crippen LogP contribution in [-0.2, 0) is 14.3 Å². The Morgan fingerprint density at radius 3 is 2.24 bits per heavy atom. The van der Waals surface area contributed by atoms with Gasteiger partial charge in [0.2, 0.25) is 0 Å². The summed E-state index contributed by atoms with van der Waals surface area (Å²) >= 11 is 0. The summed E-state index contributed by atoms with van der Waals surface area (Å²) in [5.41, 5.74) is -1.38. The third-order valence-electron chi connectivity index (χ3n) is 2.90. The molecule has 6 heteroatoms. The first kappa shape index (κ1) is 20.1. The minimum Gasteiger partial charge on any atom is -0.459 e. The first-order valence-electron chi connectivity index (χ1n) is 7.19. The highest BCUT2D eigenvalue weighted by molar-refractivity contribution is 5.79. The number of aliphatic hydroxyl groups excluding tert-OH is 3. The lowest BCUT2D eigenvalue weighted by Crippen LogP contribution is -2.47. The van der Waals surface area contributed by atoms with Gasteiger partial charge in [0.15, 0.2) is 5.60 Å². The monoisotopic (exact) mass is 304 g/mol. The van der Waals surface area contributed by atoms with Gasteiger partial charge in [-0.25, -0.2) is 4.79 Å². The molecule has 3 N–H and O–H groups in total. The van der Waals surface area contributed by atoms with E-state index in [1.807, 2.05) is 0 Å². The van der Waals surface area contributed by atoms with Gasteiger partial charge in [-0.15, -0.1) is 0 Å². The summed E-state index contributed by atoms with van der Waals surface area (Å²) in [6.45, 7) is 8.14. The molecule has 0 amide bonds.